The molecule has 250 valence electrons. The summed E-state index contributed by atoms with van der Waals surface area (Å²) in [6.45, 7) is 9.68. The van der Waals surface area contributed by atoms with Gasteiger partial charge in [-0.05, 0) is 54.3 Å². The van der Waals surface area contributed by atoms with Crippen molar-refractivity contribution in [3.05, 3.63) is 90.0 Å². The molecule has 0 aliphatic heterocycles. The van der Waals surface area contributed by atoms with Gasteiger partial charge in [-0.3, -0.25) is 9.78 Å². The molecule has 3 aromatic heterocycles. The number of nitrogens with zero attached hydrogens (tertiary/aromatic N) is 3. The second-order valence-corrected chi connectivity index (χ2v) is 11.7. The molecule has 5 aromatic rings. The molecule has 0 radical (unpaired) electrons. The maximum absolute atomic E-state index is 12.3. The summed E-state index contributed by atoms with van der Waals surface area (Å²) in [7, 11) is 2.08. The van der Waals surface area contributed by atoms with Crippen LogP contribution in [-0.4, -0.2) is 79.8 Å². The third-order valence-corrected chi connectivity index (χ3v) is 7.91. The Morgan fingerprint density at radius 2 is 1.48 bits per heavy atom. The molecular weight excluding hydrogens is 606 g/mol. The molecule has 0 fully saturated rings. The van der Waals surface area contributed by atoms with Gasteiger partial charge in [-0.15, -0.1) is 0 Å². The molecule has 0 N–H and O–H groups in total. The zero-order valence-electron chi connectivity index (χ0n) is 28.2. The van der Waals surface area contributed by atoms with Crippen molar-refractivity contribution in [1.29, 1.82) is 0 Å². The first kappa shape index (κ1) is 34.7. The molecule has 0 aliphatic rings. The molecule has 48 heavy (non-hydrogen) atoms. The van der Waals surface area contributed by atoms with E-state index in [1.807, 2.05) is 75.8 Å². The molecule has 2 aromatic carbocycles. The average molecular weight is 650 g/mol. The van der Waals surface area contributed by atoms with E-state index in [1.165, 1.54) is 5.39 Å². The molecule has 0 saturated carbocycles. The normalized spacial score (nSPS) is 11.3. The number of rotatable bonds is 17. The van der Waals surface area contributed by atoms with Gasteiger partial charge in [-0.2, -0.15) is 0 Å². The molecule has 0 saturated heterocycles. The molecule has 3 heterocycles. The SMILES string of the molecule is Cc1ccc(OCCOCCOCCOCCOCC#Cc2ccc(-c3ccc4c5cnccc5n(C)c4c3)cn2)cc1C(=O)C(C)C. The third-order valence-electron chi connectivity index (χ3n) is 7.91. The lowest BCUT2D eigenvalue weighted by atomic mass is 9.97. The lowest BCUT2D eigenvalue weighted by molar-refractivity contribution is -0.00188. The van der Waals surface area contributed by atoms with Crippen LogP contribution in [0, 0.1) is 24.7 Å². The summed E-state index contributed by atoms with van der Waals surface area (Å²) in [5, 5.41) is 2.34. The Morgan fingerprint density at radius 3 is 2.19 bits per heavy atom. The van der Waals surface area contributed by atoms with E-state index < -0.39 is 0 Å². The minimum absolute atomic E-state index is 0.0520. The lowest BCUT2D eigenvalue weighted by Crippen LogP contribution is -2.14. The average Bonchev–Trinajstić information content (AvgIpc) is 3.39. The van der Waals surface area contributed by atoms with Crippen molar-refractivity contribution in [2.75, 3.05) is 59.5 Å². The van der Waals surface area contributed by atoms with E-state index in [0.29, 0.717) is 76.5 Å². The van der Waals surface area contributed by atoms with Crippen LogP contribution in [-0.2, 0) is 26.0 Å². The second kappa shape index (κ2) is 17.5. The summed E-state index contributed by atoms with van der Waals surface area (Å²) in [6.07, 6.45) is 5.59. The Kier molecular flexibility index (Phi) is 12.7. The van der Waals surface area contributed by atoms with Crippen LogP contribution in [0.4, 0.5) is 0 Å². The highest BCUT2D eigenvalue weighted by atomic mass is 16.6. The van der Waals surface area contributed by atoms with Crippen LogP contribution in [0.2, 0.25) is 0 Å². The first-order chi connectivity index (χ1) is 23.4. The van der Waals surface area contributed by atoms with Crippen molar-refractivity contribution in [2.24, 2.45) is 13.0 Å². The van der Waals surface area contributed by atoms with Gasteiger partial charge < -0.3 is 28.3 Å². The van der Waals surface area contributed by atoms with Crippen LogP contribution in [0.1, 0.15) is 35.5 Å². The number of pyridine rings is 2. The number of ketones is 1. The molecule has 0 atom stereocenters. The minimum Gasteiger partial charge on any atom is -0.491 e. The van der Waals surface area contributed by atoms with Crippen molar-refractivity contribution < 1.29 is 28.5 Å². The number of aromatic nitrogens is 3. The van der Waals surface area contributed by atoms with E-state index >= 15 is 0 Å². The van der Waals surface area contributed by atoms with Crippen LogP contribution in [0.3, 0.4) is 0 Å². The Balaban J connectivity index is 0.888. The van der Waals surface area contributed by atoms with Gasteiger partial charge in [0.05, 0.1) is 51.8 Å². The molecule has 0 bridgehead atoms. The molecule has 5 rings (SSSR count). The highest BCUT2D eigenvalue weighted by molar-refractivity contribution is 6.08. The second-order valence-electron chi connectivity index (χ2n) is 11.7. The summed E-state index contributed by atoms with van der Waals surface area (Å²) in [6, 6.07) is 18.1. The van der Waals surface area contributed by atoms with Crippen molar-refractivity contribution in [3.63, 3.8) is 0 Å². The monoisotopic (exact) mass is 649 g/mol. The van der Waals surface area contributed by atoms with Crippen molar-refractivity contribution in [1.82, 2.24) is 14.5 Å². The van der Waals surface area contributed by atoms with Gasteiger partial charge in [-0.25, -0.2) is 4.98 Å². The summed E-state index contributed by atoms with van der Waals surface area (Å²) in [4.78, 5) is 21.1. The van der Waals surface area contributed by atoms with Crippen LogP contribution in [0.5, 0.6) is 5.75 Å². The number of hydrogen-bond donors (Lipinski definition) is 0. The van der Waals surface area contributed by atoms with Gasteiger partial charge in [0.1, 0.15) is 24.7 Å². The molecule has 0 spiro atoms. The van der Waals surface area contributed by atoms with Crippen molar-refractivity contribution >= 4 is 27.6 Å². The number of fused-ring (bicyclic) bond motifs is 3. The number of ether oxygens (including phenoxy) is 5. The molecule has 0 aliphatic carbocycles. The quantitative estimate of drug-likeness (QED) is 0.0646. The molecular formula is C39H43N3O6. The van der Waals surface area contributed by atoms with Crippen molar-refractivity contribution in [2.45, 2.75) is 20.8 Å². The van der Waals surface area contributed by atoms with Gasteiger partial charge in [0.25, 0.3) is 0 Å². The van der Waals surface area contributed by atoms with E-state index in [-0.39, 0.29) is 11.7 Å². The smallest absolute Gasteiger partial charge is 0.165 e. The number of hydrogen-bond acceptors (Lipinski definition) is 8. The predicted molar refractivity (Wildman–Crippen MR) is 187 cm³/mol. The molecule has 9 nitrogen and oxygen atoms in total. The minimum atomic E-state index is -0.0520. The zero-order chi connectivity index (χ0) is 33.7. The fourth-order valence-corrected chi connectivity index (χ4v) is 5.27. The van der Waals surface area contributed by atoms with Gasteiger partial charge in [-0.1, -0.05) is 44.0 Å². The highest BCUT2D eigenvalue weighted by Crippen LogP contribution is 2.31. The molecule has 9 heteroatoms. The summed E-state index contributed by atoms with van der Waals surface area (Å²) < 4.78 is 30.1. The third kappa shape index (κ3) is 9.27. The summed E-state index contributed by atoms with van der Waals surface area (Å²) >= 11 is 0. The first-order valence-corrected chi connectivity index (χ1v) is 16.3. The van der Waals surface area contributed by atoms with E-state index in [0.717, 1.165) is 33.1 Å². The Hall–Kier alpha value is -4.59. The zero-order valence-corrected chi connectivity index (χ0v) is 28.2. The van der Waals surface area contributed by atoms with E-state index in [9.17, 15) is 4.79 Å². The Bertz CT molecular complexity index is 1870. The topological polar surface area (TPSA) is 93.9 Å². The van der Waals surface area contributed by atoms with Crippen molar-refractivity contribution in [3.8, 4) is 28.7 Å². The van der Waals surface area contributed by atoms with Gasteiger partial charge in [0.15, 0.2) is 5.78 Å². The highest BCUT2D eigenvalue weighted by Gasteiger charge is 2.14. The van der Waals surface area contributed by atoms with Gasteiger partial charge in [0.2, 0.25) is 0 Å². The van der Waals surface area contributed by atoms with E-state index in [4.69, 9.17) is 23.7 Å². The Labute approximate surface area is 282 Å². The number of carbonyl (C=O) groups is 1. The number of carbonyl (C=O) groups excluding carboxylic acids is 1. The fraction of sp³-hybridized carbons (Fsp3) is 0.359. The van der Waals surface area contributed by atoms with Gasteiger partial charge in [0, 0.05) is 59.0 Å². The molecule has 0 unspecified atom stereocenters. The number of aryl methyl sites for hydroxylation is 2. The predicted octanol–water partition coefficient (Wildman–Crippen LogP) is 6.43. The Morgan fingerprint density at radius 1 is 0.771 bits per heavy atom. The number of benzene rings is 2. The van der Waals surface area contributed by atoms with E-state index in [1.54, 1.807) is 0 Å². The van der Waals surface area contributed by atoms with Crippen LogP contribution >= 0.6 is 0 Å². The summed E-state index contributed by atoms with van der Waals surface area (Å²) in [5.74, 6) is 6.80. The van der Waals surface area contributed by atoms with Crippen LogP contribution in [0.15, 0.2) is 73.2 Å². The van der Waals surface area contributed by atoms with Crippen LogP contribution in [0.25, 0.3) is 32.9 Å². The lowest BCUT2D eigenvalue weighted by Gasteiger charge is -2.12. The van der Waals surface area contributed by atoms with Crippen LogP contribution < -0.4 is 4.74 Å². The van der Waals surface area contributed by atoms with E-state index in [2.05, 4.69) is 51.6 Å². The maximum Gasteiger partial charge on any atom is 0.165 e. The standard InChI is InChI=1S/C39H43N3O6/c1-28(2)39(43)35-25-33(11-7-29(35)3)48-23-22-47-21-20-46-19-18-45-17-16-44-15-5-6-32-10-8-31(26-41-32)30-9-12-34-36-27-40-14-13-37(36)42(4)38(34)24-30/h7-14,24-28H,15-23H2,1-4H3. The first-order valence-electron chi connectivity index (χ1n) is 16.3. The number of Topliss-reactive ketones (excluding diaryl/α,β-unsaturated/α-hetero) is 1. The maximum atomic E-state index is 12.3. The summed E-state index contributed by atoms with van der Waals surface area (Å²) in [5.41, 5.74) is 6.83. The fourth-order valence-electron chi connectivity index (χ4n) is 5.27. The van der Waals surface area contributed by atoms with Gasteiger partial charge >= 0.3 is 0 Å². The largest absolute Gasteiger partial charge is 0.491 e. The molecule has 0 amide bonds.